The quantitative estimate of drug-likeness (QED) is 0.762. The number of amides is 1. The van der Waals surface area contributed by atoms with Crippen LogP contribution in [0.25, 0.3) is 0 Å². The SMILES string of the molecule is CCCCCCc1ccc(C(=O)Nc2cccnc2)cc1. The molecule has 21 heavy (non-hydrogen) atoms. The fourth-order valence-electron chi connectivity index (χ4n) is 2.22. The molecule has 3 heteroatoms. The number of hydrogen-bond donors (Lipinski definition) is 1. The average molecular weight is 282 g/mol. The standard InChI is InChI=1S/C18H22N2O/c1-2-3-4-5-7-15-9-11-16(12-10-15)18(21)20-17-8-6-13-19-14-17/h6,8-14H,2-5,7H2,1H3,(H,20,21). The molecule has 0 atom stereocenters. The Bertz CT molecular complexity index is 549. The van der Waals surface area contributed by atoms with E-state index in [2.05, 4.69) is 17.2 Å². The molecule has 1 heterocycles. The van der Waals surface area contributed by atoms with Gasteiger partial charge in [-0.3, -0.25) is 9.78 Å². The fraction of sp³-hybridized carbons (Fsp3) is 0.333. The molecule has 2 aromatic rings. The van der Waals surface area contributed by atoms with Gasteiger partial charge in [0.1, 0.15) is 0 Å². The number of anilines is 1. The lowest BCUT2D eigenvalue weighted by Gasteiger charge is -2.06. The third kappa shape index (κ3) is 5.03. The summed E-state index contributed by atoms with van der Waals surface area (Å²) in [6, 6.07) is 11.5. The zero-order chi connectivity index (χ0) is 14.9. The van der Waals surface area contributed by atoms with Gasteiger partial charge in [0, 0.05) is 11.8 Å². The van der Waals surface area contributed by atoms with Gasteiger partial charge in [-0.05, 0) is 42.7 Å². The van der Waals surface area contributed by atoms with Crippen LogP contribution in [0.15, 0.2) is 48.8 Å². The molecule has 1 aromatic heterocycles. The summed E-state index contributed by atoms with van der Waals surface area (Å²) in [6.45, 7) is 2.22. The zero-order valence-corrected chi connectivity index (χ0v) is 12.5. The van der Waals surface area contributed by atoms with Crippen LogP contribution in [0.4, 0.5) is 5.69 Å². The molecule has 3 nitrogen and oxygen atoms in total. The Morgan fingerprint density at radius 1 is 1.10 bits per heavy atom. The Balaban J connectivity index is 1.88. The lowest BCUT2D eigenvalue weighted by Crippen LogP contribution is -2.11. The molecule has 1 N–H and O–H groups in total. The first-order valence-corrected chi connectivity index (χ1v) is 7.60. The Hall–Kier alpha value is -2.16. The Morgan fingerprint density at radius 3 is 2.57 bits per heavy atom. The molecule has 2 rings (SSSR count). The van der Waals surface area contributed by atoms with Crippen molar-refractivity contribution in [2.75, 3.05) is 5.32 Å². The molecule has 0 saturated carbocycles. The van der Waals surface area contributed by atoms with Crippen LogP contribution in [-0.2, 0) is 6.42 Å². The van der Waals surface area contributed by atoms with E-state index in [0.717, 1.165) is 6.42 Å². The molecule has 0 spiro atoms. The molecule has 0 aliphatic carbocycles. The Morgan fingerprint density at radius 2 is 1.90 bits per heavy atom. The molecular weight excluding hydrogens is 260 g/mol. The van der Waals surface area contributed by atoms with Crippen molar-refractivity contribution in [3.8, 4) is 0 Å². The first kappa shape index (κ1) is 15.2. The van der Waals surface area contributed by atoms with Crippen molar-refractivity contribution in [3.05, 3.63) is 59.9 Å². The number of benzene rings is 1. The number of hydrogen-bond acceptors (Lipinski definition) is 2. The van der Waals surface area contributed by atoms with E-state index in [0.29, 0.717) is 11.3 Å². The van der Waals surface area contributed by atoms with Gasteiger partial charge >= 0.3 is 0 Å². The summed E-state index contributed by atoms with van der Waals surface area (Å²) in [6.07, 6.45) is 9.46. The van der Waals surface area contributed by atoms with E-state index in [-0.39, 0.29) is 5.91 Å². The molecule has 0 fully saturated rings. The van der Waals surface area contributed by atoms with E-state index in [9.17, 15) is 4.79 Å². The van der Waals surface area contributed by atoms with Crippen LogP contribution in [0.2, 0.25) is 0 Å². The smallest absolute Gasteiger partial charge is 0.255 e. The monoisotopic (exact) mass is 282 g/mol. The van der Waals surface area contributed by atoms with Gasteiger partial charge in [-0.1, -0.05) is 38.3 Å². The number of aryl methyl sites for hydroxylation is 1. The van der Waals surface area contributed by atoms with Crippen molar-refractivity contribution in [2.45, 2.75) is 39.0 Å². The van der Waals surface area contributed by atoms with Gasteiger partial charge in [-0.25, -0.2) is 0 Å². The van der Waals surface area contributed by atoms with Gasteiger partial charge in [0.25, 0.3) is 5.91 Å². The summed E-state index contributed by atoms with van der Waals surface area (Å²) in [4.78, 5) is 16.1. The second kappa shape index (κ2) is 8.20. The van der Waals surface area contributed by atoms with Gasteiger partial charge in [-0.2, -0.15) is 0 Å². The van der Waals surface area contributed by atoms with Gasteiger partial charge in [0.2, 0.25) is 0 Å². The predicted octanol–water partition coefficient (Wildman–Crippen LogP) is 4.46. The predicted molar refractivity (Wildman–Crippen MR) is 86.5 cm³/mol. The van der Waals surface area contributed by atoms with Crippen molar-refractivity contribution < 1.29 is 4.79 Å². The first-order valence-electron chi connectivity index (χ1n) is 7.60. The Kier molecular flexibility index (Phi) is 5.95. The highest BCUT2D eigenvalue weighted by Gasteiger charge is 2.05. The van der Waals surface area contributed by atoms with Crippen molar-refractivity contribution in [2.24, 2.45) is 0 Å². The largest absolute Gasteiger partial charge is 0.321 e. The normalized spacial score (nSPS) is 10.3. The lowest BCUT2D eigenvalue weighted by atomic mass is 10.0. The maximum Gasteiger partial charge on any atom is 0.255 e. The van der Waals surface area contributed by atoms with Gasteiger partial charge in [0.05, 0.1) is 11.9 Å². The highest BCUT2D eigenvalue weighted by atomic mass is 16.1. The number of nitrogens with one attached hydrogen (secondary N) is 1. The molecule has 110 valence electrons. The van der Waals surface area contributed by atoms with Crippen LogP contribution in [-0.4, -0.2) is 10.9 Å². The minimum absolute atomic E-state index is 0.0967. The Labute approximate surface area is 126 Å². The van der Waals surface area contributed by atoms with Gasteiger partial charge < -0.3 is 5.32 Å². The average Bonchev–Trinajstić information content (AvgIpc) is 2.53. The maximum absolute atomic E-state index is 12.1. The van der Waals surface area contributed by atoms with E-state index in [1.165, 1.54) is 31.2 Å². The van der Waals surface area contributed by atoms with Crippen LogP contribution >= 0.6 is 0 Å². The maximum atomic E-state index is 12.1. The third-order valence-corrected chi connectivity index (χ3v) is 3.45. The van der Waals surface area contributed by atoms with E-state index >= 15 is 0 Å². The summed E-state index contributed by atoms with van der Waals surface area (Å²) in [5.74, 6) is -0.0967. The lowest BCUT2D eigenvalue weighted by molar-refractivity contribution is 0.102. The summed E-state index contributed by atoms with van der Waals surface area (Å²) < 4.78 is 0. The van der Waals surface area contributed by atoms with E-state index < -0.39 is 0 Å². The van der Waals surface area contributed by atoms with Crippen molar-refractivity contribution in [3.63, 3.8) is 0 Å². The summed E-state index contributed by atoms with van der Waals surface area (Å²) in [5, 5.41) is 2.84. The van der Waals surface area contributed by atoms with Gasteiger partial charge in [0.15, 0.2) is 0 Å². The van der Waals surface area contributed by atoms with Crippen LogP contribution in [0.5, 0.6) is 0 Å². The summed E-state index contributed by atoms with van der Waals surface area (Å²) in [5.41, 5.74) is 2.69. The molecular formula is C18H22N2O. The molecule has 0 aliphatic heterocycles. The topological polar surface area (TPSA) is 42.0 Å². The van der Waals surface area contributed by atoms with E-state index in [1.54, 1.807) is 18.5 Å². The molecule has 0 radical (unpaired) electrons. The summed E-state index contributed by atoms with van der Waals surface area (Å²) >= 11 is 0. The van der Waals surface area contributed by atoms with Crippen LogP contribution in [0.3, 0.4) is 0 Å². The molecule has 0 saturated heterocycles. The fourth-order valence-corrected chi connectivity index (χ4v) is 2.22. The van der Waals surface area contributed by atoms with E-state index in [4.69, 9.17) is 0 Å². The number of carbonyl (C=O) groups is 1. The van der Waals surface area contributed by atoms with Crippen molar-refractivity contribution in [1.29, 1.82) is 0 Å². The number of rotatable bonds is 7. The number of nitrogens with zero attached hydrogens (tertiary/aromatic N) is 1. The molecule has 1 amide bonds. The minimum Gasteiger partial charge on any atom is -0.321 e. The molecule has 1 aromatic carbocycles. The molecule has 0 aliphatic rings. The molecule has 0 unspecified atom stereocenters. The van der Waals surface area contributed by atoms with Crippen LogP contribution in [0, 0.1) is 0 Å². The van der Waals surface area contributed by atoms with Crippen LogP contribution in [0.1, 0.15) is 48.5 Å². The highest BCUT2D eigenvalue weighted by molar-refractivity contribution is 6.04. The highest BCUT2D eigenvalue weighted by Crippen LogP contribution is 2.11. The number of carbonyl (C=O) groups excluding carboxylic acids is 1. The minimum atomic E-state index is -0.0967. The third-order valence-electron chi connectivity index (χ3n) is 3.45. The second-order valence-electron chi connectivity index (χ2n) is 5.20. The zero-order valence-electron chi connectivity index (χ0n) is 12.5. The number of unbranched alkanes of at least 4 members (excludes halogenated alkanes) is 3. The van der Waals surface area contributed by atoms with E-state index in [1.807, 2.05) is 30.3 Å². The first-order chi connectivity index (χ1) is 10.3. The number of pyridine rings is 1. The van der Waals surface area contributed by atoms with Crippen molar-refractivity contribution >= 4 is 11.6 Å². The summed E-state index contributed by atoms with van der Waals surface area (Å²) in [7, 11) is 0. The van der Waals surface area contributed by atoms with Crippen molar-refractivity contribution in [1.82, 2.24) is 4.98 Å². The number of aromatic nitrogens is 1. The second-order valence-corrected chi connectivity index (χ2v) is 5.20. The van der Waals surface area contributed by atoms with Gasteiger partial charge in [-0.15, -0.1) is 0 Å². The van der Waals surface area contributed by atoms with Crippen LogP contribution < -0.4 is 5.32 Å². The molecule has 0 bridgehead atoms.